The predicted molar refractivity (Wildman–Crippen MR) is 62.5 cm³/mol. The smallest absolute Gasteiger partial charge is 0.127 e. The van der Waals surface area contributed by atoms with E-state index in [4.69, 9.17) is 0 Å². The maximum absolute atomic E-state index is 13.5. The summed E-state index contributed by atoms with van der Waals surface area (Å²) in [4.78, 5) is 0. The van der Waals surface area contributed by atoms with Crippen molar-refractivity contribution in [2.24, 2.45) is 5.92 Å². The predicted octanol–water partition coefficient (Wildman–Crippen LogP) is 2.26. The van der Waals surface area contributed by atoms with Gasteiger partial charge in [0.1, 0.15) is 5.82 Å². The fourth-order valence-corrected chi connectivity index (χ4v) is 2.12. The molecule has 0 amide bonds. The van der Waals surface area contributed by atoms with Gasteiger partial charge in [0.25, 0.3) is 0 Å². The molecule has 0 heterocycles. The zero-order chi connectivity index (χ0) is 11.7. The molecule has 0 radical (unpaired) electrons. The van der Waals surface area contributed by atoms with Crippen LogP contribution in [0.4, 0.5) is 4.39 Å². The number of aliphatic hydroxyl groups excluding tert-OH is 2. The van der Waals surface area contributed by atoms with Crippen LogP contribution < -0.4 is 0 Å². The molecule has 1 aromatic rings. The van der Waals surface area contributed by atoms with Crippen LogP contribution in [-0.2, 0) is 6.42 Å². The summed E-state index contributed by atoms with van der Waals surface area (Å²) in [5, 5.41) is 19.4. The normalized spacial score (nSPS) is 19.5. The number of hydrogen-bond acceptors (Lipinski definition) is 2. The lowest BCUT2D eigenvalue weighted by Crippen LogP contribution is -2.30. The number of hydrogen-bond donors (Lipinski definition) is 2. The Morgan fingerprint density at radius 1 is 1.38 bits per heavy atom. The van der Waals surface area contributed by atoms with Crippen LogP contribution in [-0.4, -0.2) is 22.4 Å². The van der Waals surface area contributed by atoms with Gasteiger partial charge in [-0.3, -0.25) is 0 Å². The summed E-state index contributed by atoms with van der Waals surface area (Å²) in [5.41, 5.74) is 0.440. The van der Waals surface area contributed by atoms with E-state index in [2.05, 4.69) is 15.9 Å². The van der Waals surface area contributed by atoms with Crippen LogP contribution >= 0.6 is 15.9 Å². The van der Waals surface area contributed by atoms with Gasteiger partial charge >= 0.3 is 0 Å². The Hall–Kier alpha value is -0.450. The maximum Gasteiger partial charge on any atom is 0.127 e. The molecule has 2 unspecified atom stereocenters. The van der Waals surface area contributed by atoms with Crippen molar-refractivity contribution in [2.45, 2.75) is 31.5 Å². The van der Waals surface area contributed by atoms with Gasteiger partial charge in [0.2, 0.25) is 0 Å². The van der Waals surface area contributed by atoms with Crippen molar-refractivity contribution < 1.29 is 14.6 Å². The molecule has 2 nitrogen and oxygen atoms in total. The minimum atomic E-state index is -0.872. The van der Waals surface area contributed by atoms with Crippen LogP contribution in [0, 0.1) is 11.7 Å². The first-order valence-electron chi connectivity index (χ1n) is 5.38. The fraction of sp³-hybridized carbons (Fsp3) is 0.500. The van der Waals surface area contributed by atoms with Gasteiger partial charge < -0.3 is 10.2 Å². The first-order chi connectivity index (χ1) is 7.58. The van der Waals surface area contributed by atoms with Gasteiger partial charge in [0, 0.05) is 10.9 Å². The van der Waals surface area contributed by atoms with Crippen LogP contribution in [0.3, 0.4) is 0 Å². The first-order valence-corrected chi connectivity index (χ1v) is 6.17. The average Bonchev–Trinajstić information content (AvgIpc) is 3.04. The standard InChI is InChI=1S/C12H14BrFO2/c13-9-4-3-8(10(14)6-9)5-11(15)12(16)7-1-2-7/h3-4,6-7,11-12,15-16H,1-2,5H2. The molecule has 4 heteroatoms. The molecular formula is C12H14BrFO2. The Bertz CT molecular complexity index is 379. The maximum atomic E-state index is 13.5. The molecule has 0 aromatic heterocycles. The molecule has 2 N–H and O–H groups in total. The van der Waals surface area contributed by atoms with Crippen LogP contribution in [0.2, 0.25) is 0 Å². The van der Waals surface area contributed by atoms with Crippen LogP contribution in [0.25, 0.3) is 0 Å². The van der Waals surface area contributed by atoms with Gasteiger partial charge in [-0.2, -0.15) is 0 Å². The minimum absolute atomic E-state index is 0.163. The third-order valence-electron chi connectivity index (χ3n) is 2.94. The van der Waals surface area contributed by atoms with Gasteiger partial charge in [0.15, 0.2) is 0 Å². The van der Waals surface area contributed by atoms with Crippen LogP contribution in [0.15, 0.2) is 22.7 Å². The van der Waals surface area contributed by atoms with Crippen molar-refractivity contribution in [3.8, 4) is 0 Å². The highest BCUT2D eigenvalue weighted by Gasteiger charge is 2.34. The van der Waals surface area contributed by atoms with Crippen molar-refractivity contribution >= 4 is 15.9 Å². The highest BCUT2D eigenvalue weighted by Crippen LogP contribution is 2.34. The summed E-state index contributed by atoms with van der Waals surface area (Å²) in [6, 6.07) is 4.72. The molecule has 1 aliphatic carbocycles. The lowest BCUT2D eigenvalue weighted by atomic mass is 10.0. The molecule has 1 saturated carbocycles. The third kappa shape index (κ3) is 2.81. The zero-order valence-corrected chi connectivity index (χ0v) is 10.3. The van der Waals surface area contributed by atoms with E-state index in [1.54, 1.807) is 12.1 Å². The van der Waals surface area contributed by atoms with Gasteiger partial charge in [-0.25, -0.2) is 4.39 Å². The second-order valence-electron chi connectivity index (χ2n) is 4.34. The second-order valence-corrected chi connectivity index (χ2v) is 5.25. The molecule has 1 aromatic carbocycles. The summed E-state index contributed by atoms with van der Waals surface area (Å²) in [6.45, 7) is 0. The van der Waals surface area contributed by atoms with E-state index in [9.17, 15) is 14.6 Å². The van der Waals surface area contributed by atoms with Crippen molar-refractivity contribution in [3.05, 3.63) is 34.1 Å². The summed E-state index contributed by atoms with van der Waals surface area (Å²) in [7, 11) is 0. The summed E-state index contributed by atoms with van der Waals surface area (Å²) >= 11 is 3.17. The SMILES string of the molecule is OC(Cc1ccc(Br)cc1F)C(O)C1CC1. The molecule has 0 spiro atoms. The lowest BCUT2D eigenvalue weighted by molar-refractivity contribution is 0.00632. The highest BCUT2D eigenvalue weighted by molar-refractivity contribution is 9.10. The van der Waals surface area contributed by atoms with E-state index in [0.29, 0.717) is 10.0 Å². The molecule has 0 bridgehead atoms. The Labute approximate surface area is 102 Å². The molecular weight excluding hydrogens is 275 g/mol. The van der Waals surface area contributed by atoms with E-state index >= 15 is 0 Å². The molecule has 1 aliphatic rings. The summed E-state index contributed by atoms with van der Waals surface area (Å²) in [5.74, 6) is -0.148. The average molecular weight is 289 g/mol. The highest BCUT2D eigenvalue weighted by atomic mass is 79.9. The van der Waals surface area contributed by atoms with E-state index < -0.39 is 12.2 Å². The quantitative estimate of drug-likeness (QED) is 0.892. The number of aliphatic hydroxyl groups is 2. The van der Waals surface area contributed by atoms with Gasteiger partial charge in [-0.05, 0) is 36.5 Å². The monoisotopic (exact) mass is 288 g/mol. The van der Waals surface area contributed by atoms with Crippen molar-refractivity contribution in [1.82, 2.24) is 0 Å². The molecule has 2 atom stereocenters. The summed E-state index contributed by atoms with van der Waals surface area (Å²) in [6.07, 6.45) is 0.491. The number of halogens is 2. The van der Waals surface area contributed by atoms with Gasteiger partial charge in [0.05, 0.1) is 12.2 Å². The zero-order valence-electron chi connectivity index (χ0n) is 8.74. The number of benzene rings is 1. The Morgan fingerprint density at radius 2 is 2.06 bits per heavy atom. The van der Waals surface area contributed by atoms with E-state index in [1.165, 1.54) is 6.07 Å². The van der Waals surface area contributed by atoms with Crippen LogP contribution in [0.1, 0.15) is 18.4 Å². The number of rotatable bonds is 4. The molecule has 0 aliphatic heterocycles. The van der Waals surface area contributed by atoms with Crippen molar-refractivity contribution in [3.63, 3.8) is 0 Å². The first kappa shape index (κ1) is 12.0. The van der Waals surface area contributed by atoms with Gasteiger partial charge in [-0.1, -0.05) is 22.0 Å². The van der Waals surface area contributed by atoms with Crippen molar-refractivity contribution in [1.29, 1.82) is 0 Å². The minimum Gasteiger partial charge on any atom is -0.390 e. The molecule has 2 rings (SSSR count). The molecule has 0 saturated heterocycles. The topological polar surface area (TPSA) is 40.5 Å². The summed E-state index contributed by atoms with van der Waals surface area (Å²) < 4.78 is 14.1. The van der Waals surface area contributed by atoms with E-state index in [-0.39, 0.29) is 18.2 Å². The molecule has 1 fully saturated rings. The van der Waals surface area contributed by atoms with E-state index in [1.807, 2.05) is 0 Å². The Morgan fingerprint density at radius 3 is 2.62 bits per heavy atom. The third-order valence-corrected chi connectivity index (χ3v) is 3.44. The second kappa shape index (κ2) is 4.82. The lowest BCUT2D eigenvalue weighted by Gasteiger charge is -2.17. The van der Waals surface area contributed by atoms with Crippen molar-refractivity contribution in [2.75, 3.05) is 0 Å². The Kier molecular flexibility index (Phi) is 3.62. The largest absolute Gasteiger partial charge is 0.390 e. The van der Waals surface area contributed by atoms with Gasteiger partial charge in [-0.15, -0.1) is 0 Å². The van der Waals surface area contributed by atoms with E-state index in [0.717, 1.165) is 12.8 Å². The Balaban J connectivity index is 2.02. The molecule has 16 heavy (non-hydrogen) atoms. The molecule has 88 valence electrons. The fourth-order valence-electron chi connectivity index (χ4n) is 1.79. The van der Waals surface area contributed by atoms with Crippen LogP contribution in [0.5, 0.6) is 0 Å².